The highest BCUT2D eigenvalue weighted by atomic mass is 35.5. The molecule has 2 N–H and O–H groups in total. The molecule has 5 nitrogen and oxygen atoms in total. The van der Waals surface area contributed by atoms with Gasteiger partial charge in [-0.1, -0.05) is 6.92 Å². The van der Waals surface area contributed by atoms with Crippen LogP contribution in [0.1, 0.15) is 32.6 Å². The Morgan fingerprint density at radius 3 is 2.67 bits per heavy atom. The second-order valence-electron chi connectivity index (χ2n) is 5.27. The van der Waals surface area contributed by atoms with E-state index < -0.39 is 10.2 Å². The van der Waals surface area contributed by atoms with Gasteiger partial charge < -0.3 is 5.32 Å². The lowest BCUT2D eigenvalue weighted by molar-refractivity contribution is 0.274. The molecular formula is C11H24ClN3O2S. The van der Waals surface area contributed by atoms with E-state index in [1.807, 2.05) is 0 Å². The van der Waals surface area contributed by atoms with Crippen LogP contribution in [0.3, 0.4) is 0 Å². The van der Waals surface area contributed by atoms with Gasteiger partial charge in [-0.25, -0.2) is 0 Å². The molecule has 0 radical (unpaired) electrons. The summed E-state index contributed by atoms with van der Waals surface area (Å²) in [6.45, 7) is 5.20. The summed E-state index contributed by atoms with van der Waals surface area (Å²) in [6, 6.07) is 0.0611. The number of nitrogens with one attached hydrogen (secondary N) is 2. The number of halogens is 1. The van der Waals surface area contributed by atoms with Crippen LogP contribution in [0.2, 0.25) is 0 Å². The van der Waals surface area contributed by atoms with Gasteiger partial charge in [-0.2, -0.15) is 17.4 Å². The molecule has 2 atom stereocenters. The van der Waals surface area contributed by atoms with Gasteiger partial charge in [-0.3, -0.25) is 0 Å². The highest BCUT2D eigenvalue weighted by Gasteiger charge is 2.29. The molecule has 0 aliphatic carbocycles. The number of nitrogens with zero attached hydrogens (tertiary/aromatic N) is 1. The van der Waals surface area contributed by atoms with E-state index in [4.69, 9.17) is 0 Å². The molecule has 2 rings (SSSR count). The molecule has 0 aromatic heterocycles. The Morgan fingerprint density at radius 1 is 1.28 bits per heavy atom. The lowest BCUT2D eigenvalue weighted by atomic mass is 10.0. The van der Waals surface area contributed by atoms with Gasteiger partial charge in [0.25, 0.3) is 10.2 Å². The number of hydrogen-bond acceptors (Lipinski definition) is 3. The first-order valence-electron chi connectivity index (χ1n) is 6.56. The van der Waals surface area contributed by atoms with E-state index in [-0.39, 0.29) is 18.4 Å². The summed E-state index contributed by atoms with van der Waals surface area (Å²) in [7, 11) is -3.27. The largest absolute Gasteiger partial charge is 0.315 e. The van der Waals surface area contributed by atoms with Gasteiger partial charge in [0, 0.05) is 25.7 Å². The topological polar surface area (TPSA) is 61.4 Å². The number of hydrogen-bond donors (Lipinski definition) is 2. The normalized spacial score (nSPS) is 30.7. The van der Waals surface area contributed by atoms with Crippen molar-refractivity contribution in [3.05, 3.63) is 0 Å². The first-order valence-corrected chi connectivity index (χ1v) is 8.00. The maximum Gasteiger partial charge on any atom is 0.279 e. The molecule has 0 aromatic rings. The molecule has 2 aliphatic heterocycles. The first-order chi connectivity index (χ1) is 8.08. The molecule has 0 aromatic carbocycles. The highest BCUT2D eigenvalue weighted by Crippen LogP contribution is 2.18. The highest BCUT2D eigenvalue weighted by molar-refractivity contribution is 7.87. The smallest absolute Gasteiger partial charge is 0.279 e. The molecule has 0 spiro atoms. The molecule has 108 valence electrons. The molecule has 2 saturated heterocycles. The van der Waals surface area contributed by atoms with Crippen molar-refractivity contribution in [1.82, 2.24) is 14.3 Å². The van der Waals surface area contributed by atoms with Crippen LogP contribution < -0.4 is 10.0 Å². The maximum atomic E-state index is 12.2. The van der Waals surface area contributed by atoms with E-state index >= 15 is 0 Å². The van der Waals surface area contributed by atoms with Gasteiger partial charge >= 0.3 is 0 Å². The van der Waals surface area contributed by atoms with Gasteiger partial charge in [0.2, 0.25) is 0 Å². The van der Waals surface area contributed by atoms with Crippen LogP contribution in [0, 0.1) is 5.92 Å². The molecule has 2 fully saturated rings. The monoisotopic (exact) mass is 297 g/mol. The first kappa shape index (κ1) is 16.2. The predicted molar refractivity (Wildman–Crippen MR) is 75.2 cm³/mol. The van der Waals surface area contributed by atoms with Crippen LogP contribution >= 0.6 is 12.4 Å². The van der Waals surface area contributed by atoms with Gasteiger partial charge in [-0.05, 0) is 38.1 Å². The maximum absolute atomic E-state index is 12.2. The third-order valence-electron chi connectivity index (χ3n) is 3.57. The number of piperidine rings is 2. The zero-order valence-electron chi connectivity index (χ0n) is 10.9. The zero-order chi connectivity index (χ0) is 12.3. The third kappa shape index (κ3) is 4.35. The summed E-state index contributed by atoms with van der Waals surface area (Å²) in [5, 5.41) is 3.22. The van der Waals surface area contributed by atoms with Gasteiger partial charge in [0.1, 0.15) is 0 Å². The minimum Gasteiger partial charge on any atom is -0.315 e. The van der Waals surface area contributed by atoms with Crippen molar-refractivity contribution in [2.24, 2.45) is 5.92 Å². The fraction of sp³-hybridized carbons (Fsp3) is 1.00. The molecule has 0 bridgehead atoms. The summed E-state index contributed by atoms with van der Waals surface area (Å²) >= 11 is 0. The lowest BCUT2D eigenvalue weighted by Gasteiger charge is -2.32. The number of rotatable bonds is 3. The summed E-state index contributed by atoms with van der Waals surface area (Å²) in [5.74, 6) is 0.477. The molecule has 0 amide bonds. The van der Waals surface area contributed by atoms with Gasteiger partial charge in [0.05, 0.1) is 0 Å². The fourth-order valence-corrected chi connectivity index (χ4v) is 4.19. The molecule has 0 saturated carbocycles. The molecule has 18 heavy (non-hydrogen) atoms. The van der Waals surface area contributed by atoms with E-state index in [9.17, 15) is 8.42 Å². The summed E-state index contributed by atoms with van der Waals surface area (Å²) in [5.41, 5.74) is 0. The SMILES string of the molecule is CC1CCCN(S(=O)(=O)N[C@@H]2CCCNC2)C1.Cl. The zero-order valence-corrected chi connectivity index (χ0v) is 12.5. The Labute approximate surface area is 116 Å². The van der Waals surface area contributed by atoms with E-state index in [2.05, 4.69) is 17.0 Å². The Kier molecular flexibility index (Phi) is 6.34. The fourth-order valence-electron chi connectivity index (χ4n) is 2.60. The predicted octanol–water partition coefficient (Wildman–Crippen LogP) is 0.726. The average molecular weight is 298 g/mol. The van der Waals surface area contributed by atoms with Gasteiger partial charge in [-0.15, -0.1) is 12.4 Å². The molecule has 7 heteroatoms. The van der Waals surface area contributed by atoms with Crippen LogP contribution in [-0.4, -0.2) is 44.9 Å². The lowest BCUT2D eigenvalue weighted by Crippen LogP contribution is -2.52. The van der Waals surface area contributed by atoms with Crippen molar-refractivity contribution in [1.29, 1.82) is 0 Å². The Hall–Kier alpha value is 0.120. The second kappa shape index (κ2) is 7.05. The molecule has 2 heterocycles. The van der Waals surface area contributed by atoms with Crippen LogP contribution in [0.4, 0.5) is 0 Å². The Bertz CT molecular complexity index is 344. The Morgan fingerprint density at radius 2 is 2.06 bits per heavy atom. The van der Waals surface area contributed by atoms with Crippen LogP contribution in [0.25, 0.3) is 0 Å². The second-order valence-corrected chi connectivity index (χ2v) is 6.97. The quantitative estimate of drug-likeness (QED) is 0.807. The summed E-state index contributed by atoms with van der Waals surface area (Å²) in [6.07, 6.45) is 4.10. The van der Waals surface area contributed by atoms with E-state index in [0.29, 0.717) is 19.0 Å². The van der Waals surface area contributed by atoms with Crippen LogP contribution in [0.15, 0.2) is 0 Å². The van der Waals surface area contributed by atoms with E-state index in [1.54, 1.807) is 4.31 Å². The third-order valence-corrected chi connectivity index (χ3v) is 5.21. The van der Waals surface area contributed by atoms with Crippen molar-refractivity contribution in [2.45, 2.75) is 38.6 Å². The van der Waals surface area contributed by atoms with Crippen molar-refractivity contribution >= 4 is 22.6 Å². The van der Waals surface area contributed by atoms with E-state index in [1.165, 1.54) is 0 Å². The average Bonchev–Trinajstić information content (AvgIpc) is 2.30. The van der Waals surface area contributed by atoms with Crippen molar-refractivity contribution in [3.8, 4) is 0 Å². The minimum atomic E-state index is -3.27. The standard InChI is InChI=1S/C11H23N3O2S.ClH/c1-10-4-3-7-14(9-10)17(15,16)13-11-5-2-6-12-8-11;/h10-13H,2-9H2,1H3;1H/t10?,11-;/m1./s1. The molecule has 2 aliphatic rings. The molecule has 1 unspecified atom stereocenters. The molecular weight excluding hydrogens is 274 g/mol. The van der Waals surface area contributed by atoms with Crippen LogP contribution in [-0.2, 0) is 10.2 Å². The van der Waals surface area contributed by atoms with Gasteiger partial charge in [0.15, 0.2) is 0 Å². The Balaban J connectivity index is 0.00000162. The van der Waals surface area contributed by atoms with Crippen molar-refractivity contribution in [2.75, 3.05) is 26.2 Å². The summed E-state index contributed by atoms with van der Waals surface area (Å²) in [4.78, 5) is 0. The minimum absolute atomic E-state index is 0. The van der Waals surface area contributed by atoms with Crippen molar-refractivity contribution < 1.29 is 8.42 Å². The van der Waals surface area contributed by atoms with E-state index in [0.717, 1.165) is 38.8 Å². The van der Waals surface area contributed by atoms with Crippen molar-refractivity contribution in [3.63, 3.8) is 0 Å². The summed E-state index contributed by atoms with van der Waals surface area (Å²) < 4.78 is 28.8. The van der Waals surface area contributed by atoms with Crippen LogP contribution in [0.5, 0.6) is 0 Å².